The van der Waals surface area contributed by atoms with Gasteiger partial charge in [0.05, 0.1) is 5.69 Å². The predicted molar refractivity (Wildman–Crippen MR) is 98.1 cm³/mol. The number of piperidine rings is 1. The van der Waals surface area contributed by atoms with E-state index in [1.807, 2.05) is 25.1 Å². The van der Waals surface area contributed by atoms with Crippen molar-refractivity contribution in [3.63, 3.8) is 0 Å². The average Bonchev–Trinajstić information content (AvgIpc) is 2.61. The lowest BCUT2D eigenvalue weighted by Crippen LogP contribution is -2.49. The fraction of sp³-hybridized carbons (Fsp3) is 0.421. The maximum atomic E-state index is 12.7. The molecule has 0 aliphatic carbocycles. The Hall–Kier alpha value is -2.63. The van der Waals surface area contributed by atoms with E-state index in [-0.39, 0.29) is 23.1 Å². The summed E-state index contributed by atoms with van der Waals surface area (Å²) in [5.74, 6) is -0.302. The Labute approximate surface area is 147 Å². The summed E-state index contributed by atoms with van der Waals surface area (Å²) in [5.41, 5.74) is 2.36. The van der Waals surface area contributed by atoms with Crippen molar-refractivity contribution in [2.45, 2.75) is 32.7 Å². The van der Waals surface area contributed by atoms with Crippen LogP contribution in [0.2, 0.25) is 0 Å². The third kappa shape index (κ3) is 3.57. The molecule has 6 nitrogen and oxygen atoms in total. The minimum absolute atomic E-state index is 0.0269. The van der Waals surface area contributed by atoms with Crippen molar-refractivity contribution in [3.8, 4) is 0 Å². The largest absolute Gasteiger partial charge is 0.369 e. The molecular weight excluding hydrogens is 316 g/mol. The molecule has 2 aromatic rings. The first-order valence-electron chi connectivity index (χ1n) is 8.62. The van der Waals surface area contributed by atoms with Gasteiger partial charge in [0.25, 0.3) is 11.5 Å². The van der Waals surface area contributed by atoms with Crippen molar-refractivity contribution in [1.29, 1.82) is 0 Å². The highest BCUT2D eigenvalue weighted by Gasteiger charge is 2.25. The highest BCUT2D eigenvalue weighted by molar-refractivity contribution is 5.95. The lowest BCUT2D eigenvalue weighted by atomic mass is 10.0. The summed E-state index contributed by atoms with van der Waals surface area (Å²) in [6.45, 7) is 5.31. The monoisotopic (exact) mass is 340 g/mol. The quantitative estimate of drug-likeness (QED) is 0.925. The Morgan fingerprint density at radius 1 is 1.24 bits per heavy atom. The van der Waals surface area contributed by atoms with Crippen LogP contribution < -0.4 is 15.8 Å². The lowest BCUT2D eigenvalue weighted by molar-refractivity contribution is 0.0930. The highest BCUT2D eigenvalue weighted by Crippen LogP contribution is 2.19. The van der Waals surface area contributed by atoms with E-state index in [0.717, 1.165) is 31.6 Å². The van der Waals surface area contributed by atoms with E-state index in [1.165, 1.54) is 4.68 Å². The molecule has 1 unspecified atom stereocenters. The minimum atomic E-state index is -0.351. The third-order valence-electron chi connectivity index (χ3n) is 4.83. The fourth-order valence-corrected chi connectivity index (χ4v) is 3.34. The number of aromatic nitrogens is 2. The van der Waals surface area contributed by atoms with Crippen molar-refractivity contribution in [2.75, 3.05) is 18.0 Å². The second-order valence-electron chi connectivity index (χ2n) is 6.61. The van der Waals surface area contributed by atoms with Crippen LogP contribution in [-0.4, -0.2) is 34.8 Å². The molecule has 0 saturated carbocycles. The summed E-state index contributed by atoms with van der Waals surface area (Å²) in [5, 5.41) is 7.18. The number of carbonyl (C=O) groups is 1. The number of rotatable bonds is 3. The number of amides is 1. The molecule has 1 atom stereocenters. The highest BCUT2D eigenvalue weighted by atomic mass is 16.2. The summed E-state index contributed by atoms with van der Waals surface area (Å²) in [6.07, 6.45) is 1.92. The van der Waals surface area contributed by atoms with Crippen LogP contribution in [-0.2, 0) is 7.05 Å². The van der Waals surface area contributed by atoms with Gasteiger partial charge in [-0.3, -0.25) is 9.59 Å². The zero-order chi connectivity index (χ0) is 18.0. The Bertz CT molecular complexity index is 829. The van der Waals surface area contributed by atoms with Crippen LogP contribution in [0.3, 0.4) is 0 Å². The second kappa shape index (κ2) is 7.09. The number of anilines is 1. The third-order valence-corrected chi connectivity index (χ3v) is 4.83. The summed E-state index contributed by atoms with van der Waals surface area (Å²) in [6, 6.07) is 10.2. The van der Waals surface area contributed by atoms with Crippen LogP contribution in [0.4, 0.5) is 5.69 Å². The smallest absolute Gasteiger partial charge is 0.279 e. The molecule has 0 spiro atoms. The van der Waals surface area contributed by atoms with Gasteiger partial charge in [-0.05, 0) is 44.4 Å². The van der Waals surface area contributed by atoms with Crippen molar-refractivity contribution in [1.82, 2.24) is 15.1 Å². The first-order chi connectivity index (χ1) is 12.0. The number of nitrogens with one attached hydrogen (secondary N) is 1. The molecule has 2 heterocycles. The molecule has 6 heteroatoms. The first kappa shape index (κ1) is 17.2. The molecule has 3 rings (SSSR count). The van der Waals surface area contributed by atoms with Crippen molar-refractivity contribution in [2.24, 2.45) is 7.05 Å². The van der Waals surface area contributed by atoms with E-state index < -0.39 is 0 Å². The van der Waals surface area contributed by atoms with Gasteiger partial charge in [0, 0.05) is 31.9 Å². The van der Waals surface area contributed by atoms with Crippen LogP contribution in [0.25, 0.3) is 0 Å². The van der Waals surface area contributed by atoms with E-state index in [9.17, 15) is 9.59 Å². The number of nitrogens with zero attached hydrogens (tertiary/aromatic N) is 3. The molecule has 25 heavy (non-hydrogen) atoms. The van der Waals surface area contributed by atoms with Gasteiger partial charge in [0.15, 0.2) is 0 Å². The zero-order valence-electron chi connectivity index (χ0n) is 15.0. The van der Waals surface area contributed by atoms with Crippen molar-refractivity contribution in [3.05, 3.63) is 57.5 Å². The topological polar surface area (TPSA) is 67.2 Å². The number of hydrogen-bond acceptors (Lipinski definition) is 4. The molecule has 132 valence electrons. The van der Waals surface area contributed by atoms with Crippen LogP contribution >= 0.6 is 0 Å². The van der Waals surface area contributed by atoms with Gasteiger partial charge in [-0.2, -0.15) is 5.10 Å². The zero-order valence-corrected chi connectivity index (χ0v) is 15.0. The first-order valence-corrected chi connectivity index (χ1v) is 8.62. The molecule has 0 radical (unpaired) electrons. The normalized spacial score (nSPS) is 17.4. The molecule has 1 N–H and O–H groups in total. The van der Waals surface area contributed by atoms with Gasteiger partial charge < -0.3 is 10.2 Å². The summed E-state index contributed by atoms with van der Waals surface area (Å²) >= 11 is 0. The second-order valence-corrected chi connectivity index (χ2v) is 6.61. The molecule has 1 aliphatic rings. The van der Waals surface area contributed by atoms with Crippen molar-refractivity contribution < 1.29 is 4.79 Å². The number of carbonyl (C=O) groups excluding carboxylic acids is 1. The van der Waals surface area contributed by atoms with Gasteiger partial charge in [-0.15, -0.1) is 0 Å². The van der Waals surface area contributed by atoms with Gasteiger partial charge in [-0.1, -0.05) is 18.2 Å². The number of para-hydroxylation sites is 1. The van der Waals surface area contributed by atoms with Crippen LogP contribution in [0.15, 0.2) is 35.1 Å². The summed E-state index contributed by atoms with van der Waals surface area (Å²) in [4.78, 5) is 27.3. The van der Waals surface area contributed by atoms with Gasteiger partial charge in [-0.25, -0.2) is 4.68 Å². The molecular formula is C19H24N4O2. The summed E-state index contributed by atoms with van der Waals surface area (Å²) < 4.78 is 1.23. The molecule has 1 saturated heterocycles. The molecule has 1 aromatic heterocycles. The van der Waals surface area contributed by atoms with Gasteiger partial charge in [0.1, 0.15) is 5.56 Å². The standard InChI is InChI=1S/C19H24N4O2/c1-13-14(2)21-22(3)19(25)17(13)18(24)20-15-8-7-11-23(12-15)16-9-5-4-6-10-16/h4-6,9-10,15H,7-8,11-12H2,1-3H3,(H,20,24). The minimum Gasteiger partial charge on any atom is -0.369 e. The molecule has 1 fully saturated rings. The van der Waals surface area contributed by atoms with Crippen LogP contribution in [0.5, 0.6) is 0 Å². The Morgan fingerprint density at radius 2 is 1.96 bits per heavy atom. The van der Waals surface area contributed by atoms with E-state index >= 15 is 0 Å². The summed E-state index contributed by atoms with van der Waals surface area (Å²) in [7, 11) is 1.57. The number of benzene rings is 1. The Balaban J connectivity index is 1.77. The van der Waals surface area contributed by atoms with Gasteiger partial charge in [0.2, 0.25) is 0 Å². The molecule has 1 amide bonds. The van der Waals surface area contributed by atoms with Crippen LogP contribution in [0, 0.1) is 13.8 Å². The molecule has 0 bridgehead atoms. The fourth-order valence-electron chi connectivity index (χ4n) is 3.34. The van der Waals surface area contributed by atoms with Crippen molar-refractivity contribution >= 4 is 11.6 Å². The SMILES string of the molecule is Cc1nn(C)c(=O)c(C(=O)NC2CCCN(c3ccccc3)C2)c1C. The Morgan fingerprint density at radius 3 is 2.68 bits per heavy atom. The molecule has 1 aromatic carbocycles. The Kier molecular flexibility index (Phi) is 4.88. The molecule has 1 aliphatic heterocycles. The van der Waals surface area contributed by atoms with Crippen LogP contribution in [0.1, 0.15) is 34.5 Å². The van der Waals surface area contributed by atoms with E-state index in [4.69, 9.17) is 0 Å². The predicted octanol–water partition coefficient (Wildman–Crippen LogP) is 1.80. The van der Waals surface area contributed by atoms with E-state index in [1.54, 1.807) is 14.0 Å². The lowest BCUT2D eigenvalue weighted by Gasteiger charge is -2.34. The maximum absolute atomic E-state index is 12.7. The van der Waals surface area contributed by atoms with Gasteiger partial charge >= 0.3 is 0 Å². The number of hydrogen-bond donors (Lipinski definition) is 1. The maximum Gasteiger partial charge on any atom is 0.279 e. The van der Waals surface area contributed by atoms with E-state index in [0.29, 0.717) is 11.3 Å². The van der Waals surface area contributed by atoms with E-state index in [2.05, 4.69) is 27.4 Å². The average molecular weight is 340 g/mol. The number of aryl methyl sites for hydroxylation is 2.